The van der Waals surface area contributed by atoms with Crippen molar-refractivity contribution in [3.63, 3.8) is 0 Å². The zero-order valence-corrected chi connectivity index (χ0v) is 16.2. The molecule has 1 heterocycles. The fraction of sp³-hybridized carbons (Fsp3) is 0.409. The quantitative estimate of drug-likeness (QED) is 0.816. The molecule has 2 aromatic carbocycles. The number of aromatic hydroxyl groups is 1. The van der Waals surface area contributed by atoms with Gasteiger partial charge in [-0.05, 0) is 54.2 Å². The van der Waals surface area contributed by atoms with E-state index in [9.17, 15) is 9.90 Å². The predicted octanol–water partition coefficient (Wildman–Crippen LogP) is 4.87. The van der Waals surface area contributed by atoms with Gasteiger partial charge in [0.05, 0.1) is 6.54 Å². The first-order valence-electron chi connectivity index (χ1n) is 9.60. The van der Waals surface area contributed by atoms with E-state index in [1.54, 1.807) is 6.07 Å². The molecule has 0 saturated heterocycles. The van der Waals surface area contributed by atoms with Crippen molar-refractivity contribution in [3.05, 3.63) is 47.0 Å². The SMILES string of the molecule is CCC[C@@H]1C[C@@H]1C(=O)N1CCOc2c(O)cc(-c3cccc(Cl)c3)cc2C1. The van der Waals surface area contributed by atoms with Gasteiger partial charge in [0.25, 0.3) is 0 Å². The van der Waals surface area contributed by atoms with Crippen molar-refractivity contribution in [2.45, 2.75) is 32.7 Å². The summed E-state index contributed by atoms with van der Waals surface area (Å²) in [5, 5.41) is 11.1. The molecule has 1 fully saturated rings. The van der Waals surface area contributed by atoms with Crippen LogP contribution < -0.4 is 4.74 Å². The fourth-order valence-electron chi connectivity index (χ4n) is 4.00. The lowest BCUT2D eigenvalue weighted by Crippen LogP contribution is -2.34. The number of hydrogen-bond donors (Lipinski definition) is 1. The zero-order valence-electron chi connectivity index (χ0n) is 15.5. The van der Waals surface area contributed by atoms with E-state index in [0.717, 1.165) is 36.0 Å². The summed E-state index contributed by atoms with van der Waals surface area (Å²) in [5.74, 6) is 1.51. The molecular formula is C22H24ClNO3. The number of halogens is 1. The molecule has 1 aliphatic heterocycles. The Balaban J connectivity index is 1.60. The second-order valence-electron chi connectivity index (χ2n) is 7.49. The topological polar surface area (TPSA) is 49.8 Å². The highest BCUT2D eigenvalue weighted by Gasteiger charge is 2.44. The van der Waals surface area contributed by atoms with Gasteiger partial charge in [-0.15, -0.1) is 0 Å². The molecule has 1 N–H and O–H groups in total. The lowest BCUT2D eigenvalue weighted by atomic mass is 10.0. The first-order chi connectivity index (χ1) is 13.1. The predicted molar refractivity (Wildman–Crippen MR) is 106 cm³/mol. The molecule has 0 bridgehead atoms. The van der Waals surface area contributed by atoms with Gasteiger partial charge in [-0.25, -0.2) is 0 Å². The maximum atomic E-state index is 12.9. The number of carbonyl (C=O) groups excluding carboxylic acids is 1. The van der Waals surface area contributed by atoms with Crippen LogP contribution in [0.4, 0.5) is 0 Å². The number of carbonyl (C=O) groups is 1. The van der Waals surface area contributed by atoms with Crippen molar-refractivity contribution in [3.8, 4) is 22.6 Å². The van der Waals surface area contributed by atoms with Crippen LogP contribution in [-0.4, -0.2) is 29.1 Å². The number of phenols is 1. The number of nitrogens with zero attached hydrogens (tertiary/aromatic N) is 1. The Kier molecular flexibility index (Phi) is 5.00. The van der Waals surface area contributed by atoms with Crippen molar-refractivity contribution in [2.75, 3.05) is 13.2 Å². The second kappa shape index (κ2) is 7.43. The summed E-state index contributed by atoms with van der Waals surface area (Å²) < 4.78 is 5.78. The Hall–Kier alpha value is -2.20. The van der Waals surface area contributed by atoms with Crippen LogP contribution in [-0.2, 0) is 11.3 Å². The summed E-state index contributed by atoms with van der Waals surface area (Å²) in [6.45, 7) is 3.57. The average Bonchev–Trinajstić information content (AvgIpc) is 3.44. The van der Waals surface area contributed by atoms with Gasteiger partial charge in [0.2, 0.25) is 5.91 Å². The largest absolute Gasteiger partial charge is 0.504 e. The van der Waals surface area contributed by atoms with Gasteiger partial charge < -0.3 is 14.7 Å². The molecule has 2 aliphatic rings. The van der Waals surface area contributed by atoms with Gasteiger partial charge in [0, 0.05) is 23.0 Å². The molecule has 0 unspecified atom stereocenters. The normalized spacial score (nSPS) is 21.2. The van der Waals surface area contributed by atoms with Gasteiger partial charge in [-0.1, -0.05) is 37.1 Å². The van der Waals surface area contributed by atoms with Gasteiger partial charge in [-0.3, -0.25) is 4.79 Å². The third-order valence-electron chi connectivity index (χ3n) is 5.48. The molecule has 2 atom stereocenters. The maximum absolute atomic E-state index is 12.9. The van der Waals surface area contributed by atoms with E-state index in [-0.39, 0.29) is 17.6 Å². The van der Waals surface area contributed by atoms with Crippen LogP contribution in [0.25, 0.3) is 11.1 Å². The Morgan fingerprint density at radius 2 is 2.15 bits per heavy atom. The molecule has 4 nitrogen and oxygen atoms in total. The van der Waals surface area contributed by atoms with Gasteiger partial charge in [0.1, 0.15) is 6.61 Å². The highest BCUT2D eigenvalue weighted by molar-refractivity contribution is 6.30. The third-order valence-corrected chi connectivity index (χ3v) is 5.72. The number of hydrogen-bond acceptors (Lipinski definition) is 3. The smallest absolute Gasteiger partial charge is 0.226 e. The second-order valence-corrected chi connectivity index (χ2v) is 7.93. The molecule has 4 rings (SSSR count). The van der Waals surface area contributed by atoms with Crippen molar-refractivity contribution < 1.29 is 14.6 Å². The molecule has 5 heteroatoms. The fourth-order valence-corrected chi connectivity index (χ4v) is 4.19. The first-order valence-corrected chi connectivity index (χ1v) is 9.98. The van der Waals surface area contributed by atoms with Crippen LogP contribution in [0.2, 0.25) is 5.02 Å². The molecule has 0 radical (unpaired) electrons. The summed E-state index contributed by atoms with van der Waals surface area (Å²) in [7, 11) is 0. The summed E-state index contributed by atoms with van der Waals surface area (Å²) >= 11 is 6.11. The molecular weight excluding hydrogens is 362 g/mol. The minimum absolute atomic E-state index is 0.104. The number of benzene rings is 2. The molecule has 1 aliphatic carbocycles. The lowest BCUT2D eigenvalue weighted by molar-refractivity contribution is -0.133. The highest BCUT2D eigenvalue weighted by atomic mass is 35.5. The first kappa shape index (κ1) is 18.2. The average molecular weight is 386 g/mol. The molecule has 142 valence electrons. The van der Waals surface area contributed by atoms with E-state index >= 15 is 0 Å². The van der Waals surface area contributed by atoms with E-state index < -0.39 is 0 Å². The highest BCUT2D eigenvalue weighted by Crippen LogP contribution is 2.44. The minimum atomic E-state index is 0.104. The van der Waals surface area contributed by atoms with Crippen molar-refractivity contribution in [2.24, 2.45) is 11.8 Å². The number of ether oxygens (including phenoxy) is 1. The number of fused-ring (bicyclic) bond motifs is 1. The summed E-state index contributed by atoms with van der Waals surface area (Å²) in [6, 6.07) is 11.2. The lowest BCUT2D eigenvalue weighted by Gasteiger charge is -2.20. The van der Waals surface area contributed by atoms with Crippen LogP contribution in [0.15, 0.2) is 36.4 Å². The van der Waals surface area contributed by atoms with Gasteiger partial charge in [0.15, 0.2) is 11.5 Å². The van der Waals surface area contributed by atoms with Crippen LogP contribution >= 0.6 is 11.6 Å². The van der Waals surface area contributed by atoms with Crippen molar-refractivity contribution >= 4 is 17.5 Å². The molecule has 0 spiro atoms. The van der Waals surface area contributed by atoms with Crippen LogP contribution in [0.3, 0.4) is 0 Å². The van der Waals surface area contributed by atoms with Gasteiger partial charge in [-0.2, -0.15) is 0 Å². The molecule has 27 heavy (non-hydrogen) atoms. The van der Waals surface area contributed by atoms with Crippen LogP contribution in [0, 0.1) is 11.8 Å². The Morgan fingerprint density at radius 1 is 1.30 bits per heavy atom. The number of amides is 1. The van der Waals surface area contributed by atoms with Crippen molar-refractivity contribution in [1.29, 1.82) is 0 Å². The molecule has 1 amide bonds. The van der Waals surface area contributed by atoms with E-state index in [4.69, 9.17) is 16.3 Å². The minimum Gasteiger partial charge on any atom is -0.504 e. The van der Waals surface area contributed by atoms with E-state index in [2.05, 4.69) is 6.92 Å². The molecule has 0 aromatic heterocycles. The Labute approximate surface area is 164 Å². The van der Waals surface area contributed by atoms with Crippen LogP contribution in [0.1, 0.15) is 31.7 Å². The van der Waals surface area contributed by atoms with E-state index in [1.807, 2.05) is 35.2 Å². The maximum Gasteiger partial charge on any atom is 0.226 e. The number of rotatable bonds is 4. The zero-order chi connectivity index (χ0) is 19.0. The number of phenolic OH excluding ortho intramolecular Hbond substituents is 1. The Bertz CT molecular complexity index is 867. The summed E-state index contributed by atoms with van der Waals surface area (Å²) in [5.41, 5.74) is 2.62. The Morgan fingerprint density at radius 3 is 2.93 bits per heavy atom. The standard InChI is InChI=1S/C22H24ClNO3/c1-2-4-15-11-19(15)22(26)24-7-8-27-21-17(13-24)9-16(12-20(21)25)14-5-3-6-18(23)10-14/h3,5-6,9-10,12,15,19,25H,2,4,7-8,11,13H2,1H3/t15-,19+/m1/s1. The van der Waals surface area contributed by atoms with Crippen molar-refractivity contribution in [1.82, 2.24) is 4.90 Å². The summed E-state index contributed by atoms with van der Waals surface area (Å²) in [6.07, 6.45) is 3.25. The monoisotopic (exact) mass is 385 g/mol. The summed E-state index contributed by atoms with van der Waals surface area (Å²) in [4.78, 5) is 14.8. The van der Waals surface area contributed by atoms with Gasteiger partial charge >= 0.3 is 0 Å². The molecule has 1 saturated carbocycles. The molecule has 2 aromatic rings. The van der Waals surface area contributed by atoms with E-state index in [1.165, 1.54) is 0 Å². The third kappa shape index (κ3) is 3.77. The van der Waals surface area contributed by atoms with Crippen LogP contribution in [0.5, 0.6) is 11.5 Å². The van der Waals surface area contributed by atoms with E-state index in [0.29, 0.717) is 36.4 Å².